The molecule has 3 rings (SSSR count). The van der Waals surface area contributed by atoms with E-state index < -0.39 is 0 Å². The lowest BCUT2D eigenvalue weighted by Gasteiger charge is -2.37. The van der Waals surface area contributed by atoms with Crippen molar-refractivity contribution in [1.82, 2.24) is 9.80 Å². The van der Waals surface area contributed by atoms with Gasteiger partial charge in [0.25, 0.3) is 0 Å². The molecule has 0 aliphatic carbocycles. The molecule has 0 spiro atoms. The maximum atomic E-state index is 12.9. The number of anilines is 1. The molecule has 2 heterocycles. The Balaban J connectivity index is 1.48. The number of nitrogens with one attached hydrogen (secondary N) is 1. The van der Waals surface area contributed by atoms with Crippen molar-refractivity contribution in [3.8, 4) is 0 Å². The summed E-state index contributed by atoms with van der Waals surface area (Å²) >= 11 is 7.59. The van der Waals surface area contributed by atoms with Crippen LogP contribution in [0.2, 0.25) is 4.34 Å². The SMILES string of the molecule is CC(C(=O)Nc1ccc(F)cc1)N1CCN(Cc2ccc(Cl)s2)CC1. The molecule has 1 aromatic carbocycles. The van der Waals surface area contributed by atoms with Crippen molar-refractivity contribution >= 4 is 34.5 Å². The first kappa shape index (κ1) is 18.3. The summed E-state index contributed by atoms with van der Waals surface area (Å²) in [6.45, 7) is 6.34. The highest BCUT2D eigenvalue weighted by molar-refractivity contribution is 7.16. The maximum absolute atomic E-state index is 12.9. The molecular formula is C18H21ClFN3OS. The number of nitrogens with zero attached hydrogens (tertiary/aromatic N) is 2. The van der Waals surface area contributed by atoms with E-state index in [0.29, 0.717) is 5.69 Å². The second-order valence-electron chi connectivity index (χ2n) is 6.19. The van der Waals surface area contributed by atoms with Crippen molar-refractivity contribution in [1.29, 1.82) is 0 Å². The number of rotatable bonds is 5. The third-order valence-corrected chi connectivity index (χ3v) is 5.67. The number of hydrogen-bond acceptors (Lipinski definition) is 4. The molecule has 1 aliphatic rings. The van der Waals surface area contributed by atoms with E-state index in [1.807, 2.05) is 13.0 Å². The molecule has 1 N–H and O–H groups in total. The van der Waals surface area contributed by atoms with Crippen molar-refractivity contribution in [2.45, 2.75) is 19.5 Å². The van der Waals surface area contributed by atoms with E-state index in [2.05, 4.69) is 21.2 Å². The average Bonchev–Trinajstić information content (AvgIpc) is 3.02. The normalized spacial score (nSPS) is 17.4. The molecule has 1 aromatic heterocycles. The number of carbonyl (C=O) groups excluding carboxylic acids is 1. The number of carbonyl (C=O) groups is 1. The van der Waals surface area contributed by atoms with E-state index >= 15 is 0 Å². The van der Waals surface area contributed by atoms with Crippen LogP contribution in [-0.4, -0.2) is 47.9 Å². The lowest BCUT2D eigenvalue weighted by molar-refractivity contribution is -0.121. The van der Waals surface area contributed by atoms with E-state index in [1.54, 1.807) is 23.5 Å². The molecule has 25 heavy (non-hydrogen) atoms. The van der Waals surface area contributed by atoms with Gasteiger partial charge in [0.15, 0.2) is 0 Å². The molecule has 2 aromatic rings. The minimum atomic E-state index is -0.311. The van der Waals surface area contributed by atoms with Gasteiger partial charge in [-0.2, -0.15) is 0 Å². The van der Waals surface area contributed by atoms with Crippen LogP contribution in [0.15, 0.2) is 36.4 Å². The monoisotopic (exact) mass is 381 g/mol. The third-order valence-electron chi connectivity index (χ3n) is 4.45. The Hall–Kier alpha value is -1.47. The standard InChI is InChI=1S/C18H21ClFN3OS/c1-13(18(24)21-15-4-2-14(20)3-5-15)23-10-8-22(9-11-23)12-16-6-7-17(19)25-16/h2-7,13H,8-12H2,1H3,(H,21,24). The fourth-order valence-corrected chi connectivity index (χ4v) is 4.04. The Kier molecular flexibility index (Phi) is 6.06. The second-order valence-corrected chi connectivity index (χ2v) is 7.99. The predicted molar refractivity (Wildman–Crippen MR) is 101 cm³/mol. The molecule has 4 nitrogen and oxygen atoms in total. The van der Waals surface area contributed by atoms with Gasteiger partial charge >= 0.3 is 0 Å². The molecule has 1 fully saturated rings. The van der Waals surface area contributed by atoms with Crippen molar-refractivity contribution < 1.29 is 9.18 Å². The summed E-state index contributed by atoms with van der Waals surface area (Å²) in [6.07, 6.45) is 0. The largest absolute Gasteiger partial charge is 0.325 e. The van der Waals surface area contributed by atoms with Gasteiger partial charge in [0.1, 0.15) is 5.82 Å². The van der Waals surface area contributed by atoms with Crippen LogP contribution < -0.4 is 5.32 Å². The number of halogens is 2. The maximum Gasteiger partial charge on any atom is 0.241 e. The second kappa shape index (κ2) is 8.27. The van der Waals surface area contributed by atoms with Crippen LogP contribution in [-0.2, 0) is 11.3 Å². The molecule has 1 saturated heterocycles. The number of benzene rings is 1. The van der Waals surface area contributed by atoms with Gasteiger partial charge in [0.05, 0.1) is 10.4 Å². The topological polar surface area (TPSA) is 35.6 Å². The lowest BCUT2D eigenvalue weighted by atomic mass is 10.2. The Bertz CT molecular complexity index is 713. The highest BCUT2D eigenvalue weighted by Gasteiger charge is 2.25. The van der Waals surface area contributed by atoms with Crippen LogP contribution in [0.3, 0.4) is 0 Å². The zero-order chi connectivity index (χ0) is 17.8. The third kappa shape index (κ3) is 5.01. The molecule has 0 bridgehead atoms. The smallest absolute Gasteiger partial charge is 0.241 e. The highest BCUT2D eigenvalue weighted by atomic mass is 35.5. The van der Waals surface area contributed by atoms with Gasteiger partial charge < -0.3 is 5.32 Å². The lowest BCUT2D eigenvalue weighted by Crippen LogP contribution is -2.52. The van der Waals surface area contributed by atoms with Crippen molar-refractivity contribution in [3.63, 3.8) is 0 Å². The Morgan fingerprint density at radius 3 is 2.48 bits per heavy atom. The summed E-state index contributed by atoms with van der Waals surface area (Å²) in [7, 11) is 0. The number of amides is 1. The summed E-state index contributed by atoms with van der Waals surface area (Å²) in [4.78, 5) is 18.2. The summed E-state index contributed by atoms with van der Waals surface area (Å²) in [5, 5.41) is 2.85. The first-order chi connectivity index (χ1) is 12.0. The molecular weight excluding hydrogens is 361 g/mol. The molecule has 1 amide bonds. The van der Waals surface area contributed by atoms with Gasteiger partial charge in [0.2, 0.25) is 5.91 Å². The summed E-state index contributed by atoms with van der Waals surface area (Å²) in [5.74, 6) is -0.376. The Labute approximate surface area is 156 Å². The predicted octanol–water partition coefficient (Wildman–Crippen LogP) is 3.69. The molecule has 1 aliphatic heterocycles. The molecule has 7 heteroatoms. The van der Waals surface area contributed by atoms with Crippen LogP contribution in [0.4, 0.5) is 10.1 Å². The van der Waals surface area contributed by atoms with E-state index in [9.17, 15) is 9.18 Å². The molecule has 134 valence electrons. The van der Waals surface area contributed by atoms with Gasteiger partial charge in [-0.15, -0.1) is 11.3 Å². The van der Waals surface area contributed by atoms with Gasteiger partial charge in [-0.25, -0.2) is 4.39 Å². The van der Waals surface area contributed by atoms with Crippen LogP contribution in [0.25, 0.3) is 0 Å². The summed E-state index contributed by atoms with van der Waals surface area (Å²) in [5.41, 5.74) is 0.617. The van der Waals surface area contributed by atoms with Crippen molar-refractivity contribution in [2.24, 2.45) is 0 Å². The molecule has 0 saturated carbocycles. The van der Waals surface area contributed by atoms with E-state index in [0.717, 1.165) is 37.1 Å². The molecule has 1 unspecified atom stereocenters. The van der Waals surface area contributed by atoms with Gasteiger partial charge in [-0.05, 0) is 43.3 Å². The molecule has 0 radical (unpaired) electrons. The van der Waals surface area contributed by atoms with Gasteiger partial charge in [-0.3, -0.25) is 14.6 Å². The fraction of sp³-hybridized carbons (Fsp3) is 0.389. The zero-order valence-corrected chi connectivity index (χ0v) is 15.6. The van der Waals surface area contributed by atoms with Crippen molar-refractivity contribution in [3.05, 3.63) is 51.4 Å². The number of thiophene rings is 1. The average molecular weight is 382 g/mol. The van der Waals surface area contributed by atoms with E-state index in [-0.39, 0.29) is 17.8 Å². The first-order valence-corrected chi connectivity index (χ1v) is 9.48. The Morgan fingerprint density at radius 2 is 1.88 bits per heavy atom. The zero-order valence-electron chi connectivity index (χ0n) is 14.0. The highest BCUT2D eigenvalue weighted by Crippen LogP contribution is 2.23. The summed E-state index contributed by atoms with van der Waals surface area (Å²) < 4.78 is 13.8. The van der Waals surface area contributed by atoms with Gasteiger partial charge in [-0.1, -0.05) is 11.6 Å². The minimum absolute atomic E-state index is 0.0647. The fourth-order valence-electron chi connectivity index (χ4n) is 2.91. The van der Waals surface area contributed by atoms with Crippen LogP contribution in [0, 0.1) is 5.82 Å². The first-order valence-electron chi connectivity index (χ1n) is 8.28. The van der Waals surface area contributed by atoms with E-state index in [1.165, 1.54) is 17.0 Å². The Morgan fingerprint density at radius 1 is 1.20 bits per heavy atom. The summed E-state index contributed by atoms with van der Waals surface area (Å²) in [6, 6.07) is 9.61. The minimum Gasteiger partial charge on any atom is -0.325 e. The molecule has 1 atom stereocenters. The number of hydrogen-bond donors (Lipinski definition) is 1. The van der Waals surface area contributed by atoms with Crippen LogP contribution >= 0.6 is 22.9 Å². The van der Waals surface area contributed by atoms with Gasteiger partial charge in [0, 0.05) is 43.3 Å². The number of piperazine rings is 1. The van der Waals surface area contributed by atoms with Crippen LogP contribution in [0.1, 0.15) is 11.8 Å². The quantitative estimate of drug-likeness (QED) is 0.858. The van der Waals surface area contributed by atoms with E-state index in [4.69, 9.17) is 11.6 Å². The van der Waals surface area contributed by atoms with Crippen LogP contribution in [0.5, 0.6) is 0 Å². The van der Waals surface area contributed by atoms with Crippen molar-refractivity contribution in [2.75, 3.05) is 31.5 Å².